The molecule has 0 aromatic carbocycles. The number of nitrogens with zero attached hydrogens (tertiary/aromatic N) is 2. The standard InChI is InChI=1S/C16H25N3/c1-3-6-17-9-14-7-12(2)16(18-10-14)19-11-13-4-5-15(19)8-13/h7,10,13,15,17H,3-6,8-9,11H2,1-2H3. The van der Waals surface area contributed by atoms with Gasteiger partial charge in [0.15, 0.2) is 0 Å². The molecule has 1 aliphatic heterocycles. The van der Waals surface area contributed by atoms with Crippen molar-refractivity contribution >= 4 is 5.82 Å². The van der Waals surface area contributed by atoms with E-state index in [0.717, 1.165) is 25.0 Å². The van der Waals surface area contributed by atoms with Crippen LogP contribution in [-0.4, -0.2) is 24.1 Å². The van der Waals surface area contributed by atoms with E-state index in [1.807, 2.05) is 0 Å². The zero-order chi connectivity index (χ0) is 13.2. The first-order chi connectivity index (χ1) is 9.28. The van der Waals surface area contributed by atoms with E-state index >= 15 is 0 Å². The van der Waals surface area contributed by atoms with E-state index in [-0.39, 0.29) is 0 Å². The van der Waals surface area contributed by atoms with Crippen LogP contribution in [0.15, 0.2) is 12.3 Å². The minimum atomic E-state index is 0.764. The highest BCUT2D eigenvalue weighted by molar-refractivity contribution is 5.50. The van der Waals surface area contributed by atoms with E-state index in [1.165, 1.54) is 49.2 Å². The highest BCUT2D eigenvalue weighted by Crippen LogP contribution is 2.40. The molecule has 2 bridgehead atoms. The molecule has 2 unspecified atom stereocenters. The van der Waals surface area contributed by atoms with Gasteiger partial charge >= 0.3 is 0 Å². The van der Waals surface area contributed by atoms with Crippen LogP contribution in [0.1, 0.15) is 43.7 Å². The Morgan fingerprint density at radius 3 is 2.95 bits per heavy atom. The first-order valence-corrected chi connectivity index (χ1v) is 7.70. The molecule has 3 nitrogen and oxygen atoms in total. The summed E-state index contributed by atoms with van der Waals surface area (Å²) in [5, 5.41) is 3.44. The Hall–Kier alpha value is -1.09. The molecule has 1 aliphatic carbocycles. The fourth-order valence-corrected chi connectivity index (χ4v) is 3.62. The first-order valence-electron chi connectivity index (χ1n) is 7.70. The van der Waals surface area contributed by atoms with Crippen molar-refractivity contribution in [3.63, 3.8) is 0 Å². The van der Waals surface area contributed by atoms with Crippen LogP contribution >= 0.6 is 0 Å². The van der Waals surface area contributed by atoms with Crippen LogP contribution in [0.4, 0.5) is 5.82 Å². The van der Waals surface area contributed by atoms with Crippen molar-refractivity contribution < 1.29 is 0 Å². The van der Waals surface area contributed by atoms with Crippen molar-refractivity contribution in [2.45, 2.75) is 52.1 Å². The number of hydrogen-bond donors (Lipinski definition) is 1. The predicted molar refractivity (Wildman–Crippen MR) is 79.4 cm³/mol. The fraction of sp³-hybridized carbons (Fsp3) is 0.688. The average molecular weight is 259 g/mol. The van der Waals surface area contributed by atoms with Gasteiger partial charge in [0.1, 0.15) is 5.82 Å². The van der Waals surface area contributed by atoms with Gasteiger partial charge in [0, 0.05) is 25.3 Å². The van der Waals surface area contributed by atoms with Gasteiger partial charge in [0.2, 0.25) is 0 Å². The Morgan fingerprint density at radius 1 is 1.42 bits per heavy atom. The number of nitrogens with one attached hydrogen (secondary N) is 1. The number of hydrogen-bond acceptors (Lipinski definition) is 3. The van der Waals surface area contributed by atoms with Crippen LogP contribution < -0.4 is 10.2 Å². The Morgan fingerprint density at radius 2 is 2.32 bits per heavy atom. The van der Waals surface area contributed by atoms with Gasteiger partial charge in [-0.05, 0) is 62.3 Å². The second-order valence-corrected chi connectivity index (χ2v) is 6.15. The summed E-state index contributed by atoms with van der Waals surface area (Å²) in [5.41, 5.74) is 2.64. The molecular weight excluding hydrogens is 234 g/mol. The molecule has 2 heterocycles. The zero-order valence-electron chi connectivity index (χ0n) is 12.2. The fourth-order valence-electron chi connectivity index (χ4n) is 3.62. The molecule has 104 valence electrons. The lowest BCUT2D eigenvalue weighted by Gasteiger charge is -2.29. The van der Waals surface area contributed by atoms with Crippen LogP contribution in [-0.2, 0) is 6.54 Å². The molecule has 0 radical (unpaired) electrons. The summed E-state index contributed by atoms with van der Waals surface area (Å²) in [7, 11) is 0. The molecular formula is C16H25N3. The van der Waals surface area contributed by atoms with Crippen molar-refractivity contribution in [1.29, 1.82) is 0 Å². The Labute approximate surface area is 116 Å². The van der Waals surface area contributed by atoms with Gasteiger partial charge in [-0.2, -0.15) is 0 Å². The van der Waals surface area contributed by atoms with Gasteiger partial charge in [0.25, 0.3) is 0 Å². The summed E-state index contributed by atoms with van der Waals surface area (Å²) in [6, 6.07) is 3.07. The van der Waals surface area contributed by atoms with Crippen molar-refractivity contribution in [2.24, 2.45) is 5.92 Å². The van der Waals surface area contributed by atoms with Crippen molar-refractivity contribution in [1.82, 2.24) is 10.3 Å². The third kappa shape index (κ3) is 2.62. The van der Waals surface area contributed by atoms with Crippen LogP contribution in [0.3, 0.4) is 0 Å². The Bertz CT molecular complexity index is 444. The third-order valence-electron chi connectivity index (χ3n) is 4.54. The highest BCUT2D eigenvalue weighted by atomic mass is 15.2. The van der Waals surface area contributed by atoms with Gasteiger partial charge in [-0.15, -0.1) is 0 Å². The molecule has 1 N–H and O–H groups in total. The lowest BCUT2D eigenvalue weighted by Crippen LogP contribution is -2.33. The first kappa shape index (κ1) is 12.9. The summed E-state index contributed by atoms with van der Waals surface area (Å²) < 4.78 is 0. The lowest BCUT2D eigenvalue weighted by atomic mass is 10.1. The van der Waals surface area contributed by atoms with Gasteiger partial charge in [-0.1, -0.05) is 6.92 Å². The molecule has 2 aliphatic rings. The highest BCUT2D eigenvalue weighted by Gasteiger charge is 2.38. The van der Waals surface area contributed by atoms with Gasteiger partial charge in [0.05, 0.1) is 0 Å². The average Bonchev–Trinajstić information content (AvgIpc) is 3.01. The summed E-state index contributed by atoms with van der Waals surface area (Å²) >= 11 is 0. The second kappa shape index (κ2) is 5.49. The quantitative estimate of drug-likeness (QED) is 0.824. The van der Waals surface area contributed by atoms with Crippen molar-refractivity contribution in [3.8, 4) is 0 Å². The largest absolute Gasteiger partial charge is 0.353 e. The maximum atomic E-state index is 4.74. The van der Waals surface area contributed by atoms with Gasteiger partial charge < -0.3 is 10.2 Å². The molecule has 3 rings (SSSR count). The van der Waals surface area contributed by atoms with Crippen LogP contribution in [0, 0.1) is 12.8 Å². The maximum absolute atomic E-state index is 4.74. The molecule has 1 aromatic heterocycles. The van der Waals surface area contributed by atoms with Gasteiger partial charge in [-0.25, -0.2) is 4.98 Å². The van der Waals surface area contributed by atoms with E-state index in [0.29, 0.717) is 0 Å². The van der Waals surface area contributed by atoms with Crippen LogP contribution in [0.25, 0.3) is 0 Å². The number of fused-ring (bicyclic) bond motifs is 2. The van der Waals surface area contributed by atoms with E-state index in [2.05, 4.69) is 36.3 Å². The van der Waals surface area contributed by atoms with Crippen LogP contribution in [0.5, 0.6) is 0 Å². The molecule has 1 aromatic rings. The topological polar surface area (TPSA) is 28.2 Å². The smallest absolute Gasteiger partial charge is 0.131 e. The summed E-state index contributed by atoms with van der Waals surface area (Å²) in [6.07, 6.45) is 7.42. The van der Waals surface area contributed by atoms with Crippen LogP contribution in [0.2, 0.25) is 0 Å². The molecule has 2 atom stereocenters. The zero-order valence-corrected chi connectivity index (χ0v) is 12.2. The van der Waals surface area contributed by atoms with Crippen molar-refractivity contribution in [3.05, 3.63) is 23.4 Å². The summed E-state index contributed by atoms with van der Waals surface area (Å²) in [4.78, 5) is 7.29. The summed E-state index contributed by atoms with van der Waals surface area (Å²) in [6.45, 7) is 7.65. The SMILES string of the molecule is CCCNCc1cnc(N2CC3CCC2C3)c(C)c1. The minimum Gasteiger partial charge on any atom is -0.353 e. The molecule has 3 heteroatoms. The molecule has 19 heavy (non-hydrogen) atoms. The monoisotopic (exact) mass is 259 g/mol. The molecule has 0 amide bonds. The number of piperidine rings is 1. The molecule has 0 spiro atoms. The van der Waals surface area contributed by atoms with E-state index in [1.54, 1.807) is 0 Å². The van der Waals surface area contributed by atoms with E-state index < -0.39 is 0 Å². The lowest BCUT2D eigenvalue weighted by molar-refractivity contribution is 0.549. The Balaban J connectivity index is 1.69. The van der Waals surface area contributed by atoms with E-state index in [4.69, 9.17) is 4.98 Å². The number of aryl methyl sites for hydroxylation is 1. The maximum Gasteiger partial charge on any atom is 0.131 e. The number of pyridine rings is 1. The molecule has 1 saturated carbocycles. The number of rotatable bonds is 5. The second-order valence-electron chi connectivity index (χ2n) is 6.15. The van der Waals surface area contributed by atoms with E-state index in [9.17, 15) is 0 Å². The van der Waals surface area contributed by atoms with Crippen molar-refractivity contribution in [2.75, 3.05) is 18.0 Å². The normalized spacial score (nSPS) is 25.3. The third-order valence-corrected chi connectivity index (χ3v) is 4.54. The Kier molecular flexibility index (Phi) is 3.74. The van der Waals surface area contributed by atoms with Gasteiger partial charge in [-0.3, -0.25) is 0 Å². The molecule has 2 fully saturated rings. The minimum absolute atomic E-state index is 0.764. The molecule has 1 saturated heterocycles. The number of anilines is 1. The summed E-state index contributed by atoms with van der Waals surface area (Å²) in [5.74, 6) is 2.16. The number of aromatic nitrogens is 1. The predicted octanol–water partition coefficient (Wildman–Crippen LogP) is 2.88.